The number of anilines is 1. The van der Waals surface area contributed by atoms with E-state index in [9.17, 15) is 14.4 Å². The van der Waals surface area contributed by atoms with Gasteiger partial charge < -0.3 is 15.5 Å². The highest BCUT2D eigenvalue weighted by molar-refractivity contribution is 6.30. The fourth-order valence-corrected chi connectivity index (χ4v) is 4.37. The molecular weight excluding hydrogens is 462 g/mol. The maximum Gasteiger partial charge on any atom is 0.251 e. The number of amides is 3. The van der Waals surface area contributed by atoms with E-state index in [4.69, 9.17) is 11.6 Å². The van der Waals surface area contributed by atoms with Crippen LogP contribution in [0.4, 0.5) is 5.69 Å². The molecule has 1 aliphatic rings. The van der Waals surface area contributed by atoms with Gasteiger partial charge in [-0.2, -0.15) is 0 Å². The van der Waals surface area contributed by atoms with E-state index in [0.29, 0.717) is 42.9 Å². The number of nitrogens with zero attached hydrogens (tertiary/aromatic N) is 1. The lowest BCUT2D eigenvalue weighted by Crippen LogP contribution is -2.52. The van der Waals surface area contributed by atoms with Gasteiger partial charge in [0.25, 0.3) is 5.91 Å². The average molecular weight is 490 g/mol. The number of likely N-dealkylation sites (tertiary alicyclic amines) is 1. The van der Waals surface area contributed by atoms with Gasteiger partial charge in [-0.15, -0.1) is 0 Å². The van der Waals surface area contributed by atoms with Gasteiger partial charge in [0, 0.05) is 41.7 Å². The summed E-state index contributed by atoms with van der Waals surface area (Å²) < 4.78 is 0. The number of carbonyl (C=O) groups excluding carboxylic acids is 3. The first-order valence-electron chi connectivity index (χ1n) is 11.7. The normalized spacial score (nSPS) is 14.7. The second-order valence-electron chi connectivity index (χ2n) is 8.68. The Morgan fingerprint density at radius 1 is 0.857 bits per heavy atom. The average Bonchev–Trinajstić information content (AvgIpc) is 2.89. The predicted octanol–water partition coefficient (Wildman–Crippen LogP) is 4.56. The summed E-state index contributed by atoms with van der Waals surface area (Å²) in [6.07, 6.45) is 1.54. The quantitative estimate of drug-likeness (QED) is 0.510. The molecule has 0 radical (unpaired) electrons. The highest BCUT2D eigenvalue weighted by atomic mass is 35.5. The van der Waals surface area contributed by atoms with Gasteiger partial charge in [-0.3, -0.25) is 14.4 Å². The van der Waals surface area contributed by atoms with Crippen LogP contribution in [0.15, 0.2) is 84.9 Å². The van der Waals surface area contributed by atoms with Crippen LogP contribution in [0.25, 0.3) is 0 Å². The van der Waals surface area contributed by atoms with Crippen molar-refractivity contribution in [3.05, 3.63) is 101 Å². The number of carbonyl (C=O) groups is 3. The molecule has 0 spiro atoms. The molecule has 1 heterocycles. The number of halogens is 1. The molecule has 1 saturated heterocycles. The van der Waals surface area contributed by atoms with Crippen LogP contribution in [0.1, 0.15) is 28.8 Å². The molecule has 1 atom stereocenters. The van der Waals surface area contributed by atoms with E-state index >= 15 is 0 Å². The van der Waals surface area contributed by atoms with Crippen molar-refractivity contribution in [2.24, 2.45) is 5.92 Å². The first kappa shape index (κ1) is 24.5. The van der Waals surface area contributed by atoms with Crippen LogP contribution in [0.2, 0.25) is 5.02 Å². The maximum absolute atomic E-state index is 13.5. The number of benzene rings is 3. The van der Waals surface area contributed by atoms with E-state index in [2.05, 4.69) is 10.6 Å². The summed E-state index contributed by atoms with van der Waals surface area (Å²) in [5.74, 6) is -0.651. The molecule has 0 bridgehead atoms. The third-order valence-corrected chi connectivity index (χ3v) is 6.46. The van der Waals surface area contributed by atoms with Crippen molar-refractivity contribution in [2.45, 2.75) is 25.3 Å². The minimum atomic E-state index is -0.713. The van der Waals surface area contributed by atoms with Gasteiger partial charge in [0.1, 0.15) is 6.04 Å². The Morgan fingerprint density at radius 3 is 2.09 bits per heavy atom. The Hall–Kier alpha value is -3.64. The van der Waals surface area contributed by atoms with E-state index in [1.807, 2.05) is 60.7 Å². The Morgan fingerprint density at radius 2 is 1.46 bits per heavy atom. The molecular formula is C28H28ClN3O3. The molecule has 1 fully saturated rings. The molecule has 3 aromatic carbocycles. The van der Waals surface area contributed by atoms with Crippen LogP contribution >= 0.6 is 11.6 Å². The van der Waals surface area contributed by atoms with Gasteiger partial charge in [0.2, 0.25) is 11.8 Å². The standard InChI is InChI=1S/C28H28ClN3O3/c29-23-13-11-21(12-14-23)27(34)31-25(19-20-7-3-1-4-8-20)28(35)32-17-15-22(16-18-32)26(33)30-24-9-5-2-6-10-24/h1-14,22,25H,15-19H2,(H,30,33)(H,31,34). The van der Waals surface area contributed by atoms with Crippen molar-refractivity contribution in [2.75, 3.05) is 18.4 Å². The van der Waals surface area contributed by atoms with Crippen molar-refractivity contribution in [1.29, 1.82) is 0 Å². The lowest BCUT2D eigenvalue weighted by Gasteiger charge is -2.34. The fourth-order valence-electron chi connectivity index (χ4n) is 4.24. The summed E-state index contributed by atoms with van der Waals surface area (Å²) in [5, 5.41) is 6.40. The van der Waals surface area contributed by atoms with Gasteiger partial charge in [0.05, 0.1) is 0 Å². The molecule has 2 N–H and O–H groups in total. The highest BCUT2D eigenvalue weighted by Gasteiger charge is 2.32. The molecule has 1 unspecified atom stereocenters. The summed E-state index contributed by atoms with van der Waals surface area (Å²) >= 11 is 5.94. The number of hydrogen-bond acceptors (Lipinski definition) is 3. The largest absolute Gasteiger partial charge is 0.341 e. The molecule has 7 heteroatoms. The van der Waals surface area contributed by atoms with Gasteiger partial charge in [-0.05, 0) is 54.8 Å². The molecule has 6 nitrogen and oxygen atoms in total. The van der Waals surface area contributed by atoms with E-state index in [1.54, 1.807) is 29.2 Å². The van der Waals surface area contributed by atoms with E-state index in [-0.39, 0.29) is 23.6 Å². The van der Waals surface area contributed by atoms with Crippen molar-refractivity contribution < 1.29 is 14.4 Å². The van der Waals surface area contributed by atoms with Crippen LogP contribution in [0.5, 0.6) is 0 Å². The number of rotatable bonds is 7. The zero-order valence-electron chi connectivity index (χ0n) is 19.3. The van der Waals surface area contributed by atoms with E-state index in [0.717, 1.165) is 11.3 Å². The first-order chi connectivity index (χ1) is 17.0. The lowest BCUT2D eigenvalue weighted by molar-refractivity contribution is -0.136. The van der Waals surface area contributed by atoms with E-state index < -0.39 is 6.04 Å². The summed E-state index contributed by atoms with van der Waals surface area (Å²) in [6, 6.07) is 24.8. The second kappa shape index (κ2) is 11.7. The third kappa shape index (κ3) is 6.70. The summed E-state index contributed by atoms with van der Waals surface area (Å²) in [7, 11) is 0. The van der Waals surface area contributed by atoms with Gasteiger partial charge in [-0.25, -0.2) is 0 Å². The van der Waals surface area contributed by atoms with Gasteiger partial charge >= 0.3 is 0 Å². The Kier molecular flexibility index (Phi) is 8.16. The molecule has 3 amide bonds. The molecule has 1 aliphatic heterocycles. The Bertz CT molecular complexity index is 1150. The SMILES string of the molecule is O=C(NC(Cc1ccccc1)C(=O)N1CCC(C(=O)Nc2ccccc2)CC1)c1ccc(Cl)cc1. The second-order valence-corrected chi connectivity index (χ2v) is 9.11. The van der Waals surface area contributed by atoms with Crippen molar-refractivity contribution in [3.8, 4) is 0 Å². The maximum atomic E-state index is 13.5. The molecule has 4 rings (SSSR count). The zero-order chi connectivity index (χ0) is 24.6. The van der Waals surface area contributed by atoms with Crippen LogP contribution < -0.4 is 10.6 Å². The molecule has 180 valence electrons. The number of para-hydroxylation sites is 1. The number of piperidine rings is 1. The topological polar surface area (TPSA) is 78.5 Å². The van der Waals surface area contributed by atoms with Gasteiger partial charge in [-0.1, -0.05) is 60.1 Å². The smallest absolute Gasteiger partial charge is 0.251 e. The van der Waals surface area contributed by atoms with Crippen LogP contribution in [-0.4, -0.2) is 41.8 Å². The van der Waals surface area contributed by atoms with Crippen LogP contribution in [0, 0.1) is 5.92 Å². The lowest BCUT2D eigenvalue weighted by atomic mass is 9.94. The minimum absolute atomic E-state index is 0.0276. The molecule has 0 aromatic heterocycles. The van der Waals surface area contributed by atoms with Gasteiger partial charge in [0.15, 0.2) is 0 Å². The summed E-state index contributed by atoms with van der Waals surface area (Å²) in [6.45, 7) is 0.932. The molecule has 35 heavy (non-hydrogen) atoms. The predicted molar refractivity (Wildman–Crippen MR) is 137 cm³/mol. The monoisotopic (exact) mass is 489 g/mol. The zero-order valence-corrected chi connectivity index (χ0v) is 20.1. The molecule has 0 aliphatic carbocycles. The number of nitrogens with one attached hydrogen (secondary N) is 2. The Balaban J connectivity index is 1.40. The van der Waals surface area contributed by atoms with Crippen LogP contribution in [-0.2, 0) is 16.0 Å². The fraction of sp³-hybridized carbons (Fsp3) is 0.250. The molecule has 0 saturated carbocycles. The third-order valence-electron chi connectivity index (χ3n) is 6.21. The summed E-state index contributed by atoms with van der Waals surface area (Å²) in [4.78, 5) is 40.8. The minimum Gasteiger partial charge on any atom is -0.341 e. The van der Waals surface area contributed by atoms with Crippen molar-refractivity contribution in [1.82, 2.24) is 10.2 Å². The summed E-state index contributed by atoms with van der Waals surface area (Å²) in [5.41, 5.74) is 2.17. The van der Waals surface area contributed by atoms with Crippen LogP contribution in [0.3, 0.4) is 0 Å². The first-order valence-corrected chi connectivity index (χ1v) is 12.1. The van der Waals surface area contributed by atoms with E-state index in [1.165, 1.54) is 0 Å². The van der Waals surface area contributed by atoms with Crippen molar-refractivity contribution >= 4 is 35.0 Å². The number of hydrogen-bond donors (Lipinski definition) is 2. The highest BCUT2D eigenvalue weighted by Crippen LogP contribution is 2.21. The van der Waals surface area contributed by atoms with Crippen molar-refractivity contribution in [3.63, 3.8) is 0 Å². The Labute approximate surface area is 210 Å². The molecule has 3 aromatic rings.